The van der Waals surface area contributed by atoms with Crippen LogP contribution in [0.25, 0.3) is 22.0 Å². The van der Waals surface area contributed by atoms with Crippen molar-refractivity contribution >= 4 is 55.5 Å². The highest BCUT2D eigenvalue weighted by atomic mass is 35.5. The molecule has 1 aromatic heterocycles. The molecule has 0 fully saturated rings. The predicted molar refractivity (Wildman–Crippen MR) is 114 cm³/mol. The van der Waals surface area contributed by atoms with Gasteiger partial charge in [-0.2, -0.15) is 0 Å². The number of benzene rings is 3. The minimum Gasteiger partial charge on any atom is -0.255 e. The van der Waals surface area contributed by atoms with E-state index in [4.69, 9.17) is 34.8 Å². The molecule has 0 N–H and O–H groups in total. The summed E-state index contributed by atoms with van der Waals surface area (Å²) in [7, 11) is -4.17. The van der Waals surface area contributed by atoms with Gasteiger partial charge in [0.2, 0.25) is 9.84 Å². The summed E-state index contributed by atoms with van der Waals surface area (Å²) in [6.07, 6.45) is 1.13. The van der Waals surface area contributed by atoms with Crippen molar-refractivity contribution in [3.8, 4) is 11.1 Å². The van der Waals surface area contributed by atoms with Gasteiger partial charge in [-0.15, -0.1) is 0 Å². The molecule has 0 bridgehead atoms. The number of rotatable bonds is 3. The number of aromatic nitrogens is 1. The minimum atomic E-state index is -4.17. The lowest BCUT2D eigenvalue weighted by atomic mass is 10.0. The quantitative estimate of drug-likeness (QED) is 0.295. The van der Waals surface area contributed by atoms with E-state index in [-0.39, 0.29) is 30.9 Å². The van der Waals surface area contributed by atoms with Gasteiger partial charge in [-0.1, -0.05) is 46.9 Å². The highest BCUT2D eigenvalue weighted by Gasteiger charge is 2.26. The maximum Gasteiger partial charge on any atom is 0.208 e. The first-order valence-electron chi connectivity index (χ1n) is 8.42. The minimum absolute atomic E-state index is 0.164. The Morgan fingerprint density at radius 2 is 1.47 bits per heavy atom. The van der Waals surface area contributed by atoms with Gasteiger partial charge >= 0.3 is 0 Å². The zero-order chi connectivity index (χ0) is 21.6. The first-order valence-corrected chi connectivity index (χ1v) is 11.0. The number of hydrogen-bond donors (Lipinski definition) is 0. The molecule has 3 nitrogen and oxygen atoms in total. The van der Waals surface area contributed by atoms with E-state index < -0.39 is 21.5 Å². The maximum absolute atomic E-state index is 14.0. The Hall–Kier alpha value is -2.25. The molecular formula is C21H10Cl3F2NO2S. The van der Waals surface area contributed by atoms with Crippen LogP contribution >= 0.6 is 34.8 Å². The molecule has 0 spiro atoms. The first-order chi connectivity index (χ1) is 14.2. The van der Waals surface area contributed by atoms with Gasteiger partial charge in [0.25, 0.3) is 0 Å². The summed E-state index contributed by atoms with van der Waals surface area (Å²) in [5.41, 5.74) is 0.984. The van der Waals surface area contributed by atoms with E-state index in [1.165, 1.54) is 6.07 Å². The molecule has 4 rings (SSSR count). The Morgan fingerprint density at radius 3 is 2.13 bits per heavy atom. The van der Waals surface area contributed by atoms with Gasteiger partial charge in [0.1, 0.15) is 11.6 Å². The van der Waals surface area contributed by atoms with Gasteiger partial charge in [0.05, 0.1) is 25.4 Å². The molecule has 4 aromatic rings. The van der Waals surface area contributed by atoms with Gasteiger partial charge in [0, 0.05) is 28.2 Å². The molecule has 0 radical (unpaired) electrons. The van der Waals surface area contributed by atoms with Crippen molar-refractivity contribution < 1.29 is 17.2 Å². The van der Waals surface area contributed by atoms with Crippen molar-refractivity contribution in [2.75, 3.05) is 0 Å². The summed E-state index contributed by atoms with van der Waals surface area (Å²) in [4.78, 5) is 3.73. The topological polar surface area (TPSA) is 47.0 Å². The Labute approximate surface area is 185 Å². The second kappa shape index (κ2) is 7.78. The van der Waals surface area contributed by atoms with Crippen LogP contribution in [0.4, 0.5) is 8.78 Å². The fourth-order valence-corrected chi connectivity index (χ4v) is 5.05. The van der Waals surface area contributed by atoms with Crippen LogP contribution < -0.4 is 0 Å². The molecule has 0 aliphatic carbocycles. The van der Waals surface area contributed by atoms with Gasteiger partial charge in [-0.05, 0) is 42.0 Å². The van der Waals surface area contributed by atoms with E-state index in [1.807, 2.05) is 0 Å². The van der Waals surface area contributed by atoms with Crippen molar-refractivity contribution in [3.05, 3.63) is 87.5 Å². The van der Waals surface area contributed by atoms with Crippen molar-refractivity contribution in [2.45, 2.75) is 9.79 Å². The van der Waals surface area contributed by atoms with Crippen molar-refractivity contribution in [1.82, 2.24) is 4.98 Å². The average molecular weight is 485 g/mol. The third-order valence-electron chi connectivity index (χ3n) is 4.50. The molecule has 152 valence electrons. The van der Waals surface area contributed by atoms with Gasteiger partial charge < -0.3 is 0 Å². The van der Waals surface area contributed by atoms with E-state index >= 15 is 0 Å². The zero-order valence-electron chi connectivity index (χ0n) is 14.8. The average Bonchev–Trinajstić information content (AvgIpc) is 2.71. The summed E-state index contributed by atoms with van der Waals surface area (Å²) in [6, 6.07) is 12.0. The fourth-order valence-electron chi connectivity index (χ4n) is 3.06. The van der Waals surface area contributed by atoms with Crippen LogP contribution in [-0.4, -0.2) is 13.4 Å². The lowest BCUT2D eigenvalue weighted by Crippen LogP contribution is -2.06. The summed E-state index contributed by atoms with van der Waals surface area (Å²) < 4.78 is 54.3. The third kappa shape index (κ3) is 3.65. The SMILES string of the molecule is O=S(=O)(c1ccc(F)c(Cl)c1)c1cnc2cc(F)c(Cl)cc2c1-c1ccc(Cl)cc1. The van der Waals surface area contributed by atoms with Crippen molar-refractivity contribution in [1.29, 1.82) is 0 Å². The largest absolute Gasteiger partial charge is 0.255 e. The molecule has 0 amide bonds. The molecule has 9 heteroatoms. The molecule has 3 aromatic carbocycles. The maximum atomic E-state index is 14.0. The number of pyridine rings is 1. The first kappa shape index (κ1) is 21.0. The Kier molecular flexibility index (Phi) is 5.45. The van der Waals surface area contributed by atoms with E-state index in [0.717, 1.165) is 30.5 Å². The van der Waals surface area contributed by atoms with E-state index in [9.17, 15) is 17.2 Å². The number of nitrogens with zero attached hydrogens (tertiary/aromatic N) is 1. The predicted octanol–water partition coefficient (Wildman–Crippen LogP) is 6.97. The van der Waals surface area contributed by atoms with Crippen LogP contribution in [0.1, 0.15) is 0 Å². The fraction of sp³-hybridized carbons (Fsp3) is 0. The van der Waals surface area contributed by atoms with Gasteiger partial charge in [-0.3, -0.25) is 4.98 Å². The molecule has 0 atom stereocenters. The Balaban J connectivity index is 2.09. The molecule has 0 saturated carbocycles. The normalized spacial score (nSPS) is 11.8. The summed E-state index contributed by atoms with van der Waals surface area (Å²) >= 11 is 17.7. The molecule has 0 unspecified atom stereocenters. The molecule has 0 aliphatic rings. The van der Waals surface area contributed by atoms with E-state index in [1.54, 1.807) is 24.3 Å². The highest BCUT2D eigenvalue weighted by molar-refractivity contribution is 7.91. The lowest BCUT2D eigenvalue weighted by Gasteiger charge is -2.14. The number of hydrogen-bond acceptors (Lipinski definition) is 3. The zero-order valence-corrected chi connectivity index (χ0v) is 17.9. The van der Waals surface area contributed by atoms with Crippen LogP contribution in [0, 0.1) is 11.6 Å². The molecule has 0 aliphatic heterocycles. The Bertz CT molecular complexity index is 1410. The van der Waals surface area contributed by atoms with Crippen molar-refractivity contribution in [2.24, 2.45) is 0 Å². The van der Waals surface area contributed by atoms with Crippen LogP contribution in [0.3, 0.4) is 0 Å². The van der Waals surface area contributed by atoms with Crippen LogP contribution in [0.5, 0.6) is 0 Å². The van der Waals surface area contributed by atoms with E-state index in [0.29, 0.717) is 16.0 Å². The standard InChI is InChI=1S/C21H10Cl3F2NO2S/c22-12-3-1-11(2-4-12)21-14-8-16(24)18(26)9-19(14)27-10-20(21)30(28,29)13-5-6-17(25)15(23)7-13/h1-10H. The monoisotopic (exact) mass is 483 g/mol. The van der Waals surface area contributed by atoms with Gasteiger partial charge in [0.15, 0.2) is 0 Å². The molecule has 0 saturated heterocycles. The smallest absolute Gasteiger partial charge is 0.208 e. The summed E-state index contributed by atoms with van der Waals surface area (Å²) in [6.45, 7) is 0. The molecular weight excluding hydrogens is 475 g/mol. The van der Waals surface area contributed by atoms with Crippen molar-refractivity contribution in [3.63, 3.8) is 0 Å². The Morgan fingerprint density at radius 1 is 0.800 bits per heavy atom. The summed E-state index contributed by atoms with van der Waals surface area (Å²) in [5.74, 6) is -1.42. The third-order valence-corrected chi connectivity index (χ3v) is 7.09. The number of halogens is 5. The molecule has 30 heavy (non-hydrogen) atoms. The number of sulfone groups is 1. The lowest BCUT2D eigenvalue weighted by molar-refractivity contribution is 0.595. The van der Waals surface area contributed by atoms with E-state index in [2.05, 4.69) is 4.98 Å². The van der Waals surface area contributed by atoms with Crippen LogP contribution in [0.15, 0.2) is 70.6 Å². The molecule has 1 heterocycles. The van der Waals surface area contributed by atoms with Crippen LogP contribution in [0.2, 0.25) is 15.1 Å². The van der Waals surface area contributed by atoms with Gasteiger partial charge in [-0.25, -0.2) is 17.2 Å². The highest BCUT2D eigenvalue weighted by Crippen LogP contribution is 2.38. The summed E-state index contributed by atoms with van der Waals surface area (Å²) in [5, 5.41) is 0.274. The van der Waals surface area contributed by atoms with Crippen LogP contribution in [-0.2, 0) is 9.84 Å². The second-order valence-electron chi connectivity index (χ2n) is 6.37. The second-order valence-corrected chi connectivity index (χ2v) is 9.54. The number of fused-ring (bicyclic) bond motifs is 1.